The normalized spacial score (nSPS) is 12.7. The van der Waals surface area contributed by atoms with E-state index in [-0.39, 0.29) is 19.0 Å². The molecule has 0 N–H and O–H groups in total. The SMILES string of the molecule is CCN(CC)C([SiH2]CCCCCCCC[SiH2]C=C(C)C)N(CC)CC. The molecule has 0 spiro atoms. The summed E-state index contributed by atoms with van der Waals surface area (Å²) in [7, 11) is 0.0947. The van der Waals surface area contributed by atoms with Crippen LogP contribution in [0.1, 0.15) is 80.1 Å². The number of allylic oxidation sites excluding steroid dienone is 1. The van der Waals surface area contributed by atoms with E-state index in [1.807, 2.05) is 0 Å². The maximum absolute atomic E-state index is 2.70. The summed E-state index contributed by atoms with van der Waals surface area (Å²) < 4.78 is 0. The first-order valence-corrected chi connectivity index (χ1v) is 14.8. The lowest BCUT2D eigenvalue weighted by atomic mass is 10.1. The predicted molar refractivity (Wildman–Crippen MR) is 123 cm³/mol. The number of rotatable bonds is 17. The topological polar surface area (TPSA) is 6.48 Å². The van der Waals surface area contributed by atoms with E-state index in [1.54, 1.807) is 0 Å². The Labute approximate surface area is 164 Å². The molecule has 0 aliphatic rings. The molecule has 0 amide bonds. The summed E-state index contributed by atoms with van der Waals surface area (Å²) in [6, 6.07) is 3.05. The molecule has 0 saturated carbocycles. The van der Waals surface area contributed by atoms with E-state index in [9.17, 15) is 0 Å². The van der Waals surface area contributed by atoms with Crippen LogP contribution in [-0.2, 0) is 0 Å². The smallest absolute Gasteiger partial charge is 0.0591 e. The fourth-order valence-corrected chi connectivity index (χ4v) is 8.00. The van der Waals surface area contributed by atoms with E-state index in [0.717, 1.165) is 5.79 Å². The van der Waals surface area contributed by atoms with Gasteiger partial charge in [0.15, 0.2) is 0 Å². The van der Waals surface area contributed by atoms with Crippen LogP contribution in [0.25, 0.3) is 0 Å². The Morgan fingerprint density at radius 1 is 0.720 bits per heavy atom. The molecular weight excluding hydrogens is 336 g/mol. The van der Waals surface area contributed by atoms with Gasteiger partial charge < -0.3 is 0 Å². The summed E-state index contributed by atoms with van der Waals surface area (Å²) in [6.45, 7) is 18.6. The lowest BCUT2D eigenvalue weighted by Gasteiger charge is -2.38. The number of nitrogens with zero attached hydrogens (tertiary/aromatic N) is 2. The maximum atomic E-state index is 2.70. The second kappa shape index (κ2) is 17.5. The summed E-state index contributed by atoms with van der Waals surface area (Å²) in [5.74, 6) is 0.796. The van der Waals surface area contributed by atoms with Gasteiger partial charge >= 0.3 is 0 Å². The first-order valence-electron chi connectivity index (χ1n) is 11.2. The Hall–Kier alpha value is 0.0938. The molecule has 0 fully saturated rings. The zero-order valence-corrected chi connectivity index (χ0v) is 21.3. The van der Waals surface area contributed by atoms with Crippen molar-refractivity contribution in [2.75, 3.05) is 26.2 Å². The number of unbranched alkanes of at least 4 members (excludes halogenated alkanes) is 5. The monoisotopic (exact) mass is 384 g/mol. The molecule has 0 aliphatic heterocycles. The van der Waals surface area contributed by atoms with Gasteiger partial charge in [-0.05, 0) is 40.0 Å². The Bertz CT molecular complexity index is 297. The minimum atomic E-state index is -0.0212. The highest BCUT2D eigenvalue weighted by molar-refractivity contribution is 6.42. The lowest BCUT2D eigenvalue weighted by molar-refractivity contribution is 0.114. The van der Waals surface area contributed by atoms with Gasteiger partial charge in [-0.15, -0.1) is 5.70 Å². The van der Waals surface area contributed by atoms with Gasteiger partial charge in [0.05, 0.1) is 9.52 Å². The molecule has 2 nitrogen and oxygen atoms in total. The van der Waals surface area contributed by atoms with Crippen molar-refractivity contribution in [3.05, 3.63) is 11.3 Å². The molecule has 4 heteroatoms. The van der Waals surface area contributed by atoms with Crippen molar-refractivity contribution in [2.45, 2.75) is 97.9 Å². The van der Waals surface area contributed by atoms with Gasteiger partial charge in [-0.2, -0.15) is 0 Å². The zero-order valence-electron chi connectivity index (χ0n) is 18.4. The van der Waals surface area contributed by atoms with Crippen LogP contribution in [0.4, 0.5) is 0 Å². The highest BCUT2D eigenvalue weighted by Crippen LogP contribution is 2.12. The Morgan fingerprint density at radius 3 is 1.60 bits per heavy atom. The summed E-state index contributed by atoms with van der Waals surface area (Å²) in [4.78, 5) is 5.41. The standard InChI is InChI=1S/C21H48N2Si2/c1-7-22(8-2)21(23(9-3)10-4)25-18-16-14-12-11-13-15-17-24-19-20(5)6/h19,21H,7-18,24-25H2,1-6H3. The van der Waals surface area contributed by atoms with Gasteiger partial charge in [0, 0.05) is 15.3 Å². The third-order valence-electron chi connectivity index (χ3n) is 5.44. The van der Waals surface area contributed by atoms with Gasteiger partial charge in [-0.3, -0.25) is 9.80 Å². The molecule has 150 valence electrons. The quantitative estimate of drug-likeness (QED) is 0.208. The summed E-state index contributed by atoms with van der Waals surface area (Å²) in [5.41, 5.74) is 4.05. The van der Waals surface area contributed by atoms with Crippen LogP contribution in [0.15, 0.2) is 11.3 Å². The van der Waals surface area contributed by atoms with Crippen molar-refractivity contribution in [2.24, 2.45) is 0 Å². The van der Waals surface area contributed by atoms with Crippen molar-refractivity contribution < 1.29 is 0 Å². The lowest BCUT2D eigenvalue weighted by Crippen LogP contribution is -2.51. The van der Waals surface area contributed by atoms with Crippen molar-refractivity contribution >= 4 is 19.0 Å². The van der Waals surface area contributed by atoms with Gasteiger partial charge in [0.1, 0.15) is 0 Å². The summed E-state index contributed by atoms with van der Waals surface area (Å²) >= 11 is 0. The van der Waals surface area contributed by atoms with Crippen molar-refractivity contribution in [1.82, 2.24) is 9.80 Å². The first kappa shape index (κ1) is 25.1. The molecule has 0 rings (SSSR count). The number of hydrogen-bond acceptors (Lipinski definition) is 2. The second-order valence-electron chi connectivity index (χ2n) is 7.61. The summed E-state index contributed by atoms with van der Waals surface area (Å²) in [6.07, 6.45) is 8.86. The molecule has 0 unspecified atom stereocenters. The third-order valence-corrected chi connectivity index (χ3v) is 9.91. The third kappa shape index (κ3) is 13.0. The minimum absolute atomic E-state index is 0.0212. The molecule has 0 aromatic rings. The molecule has 0 saturated heterocycles. The van der Waals surface area contributed by atoms with E-state index in [1.165, 1.54) is 82.4 Å². The van der Waals surface area contributed by atoms with Gasteiger partial charge in [0.25, 0.3) is 0 Å². The van der Waals surface area contributed by atoms with Crippen LogP contribution < -0.4 is 0 Å². The van der Waals surface area contributed by atoms with E-state index in [4.69, 9.17) is 0 Å². The molecule has 0 atom stereocenters. The molecule has 0 bridgehead atoms. The average molecular weight is 385 g/mol. The Morgan fingerprint density at radius 2 is 1.16 bits per heavy atom. The van der Waals surface area contributed by atoms with Crippen LogP contribution in [-0.4, -0.2) is 60.8 Å². The van der Waals surface area contributed by atoms with Crippen LogP contribution in [0.5, 0.6) is 0 Å². The van der Waals surface area contributed by atoms with Crippen molar-refractivity contribution in [3.8, 4) is 0 Å². The molecule has 0 heterocycles. The van der Waals surface area contributed by atoms with Crippen LogP contribution >= 0.6 is 0 Å². The first-order chi connectivity index (χ1) is 12.1. The van der Waals surface area contributed by atoms with E-state index in [2.05, 4.69) is 57.0 Å². The van der Waals surface area contributed by atoms with Crippen LogP contribution in [0.3, 0.4) is 0 Å². The Balaban J connectivity index is 3.79. The molecule has 25 heavy (non-hydrogen) atoms. The van der Waals surface area contributed by atoms with Gasteiger partial charge in [-0.1, -0.05) is 83.9 Å². The van der Waals surface area contributed by atoms with Gasteiger partial charge in [0.2, 0.25) is 0 Å². The maximum Gasteiger partial charge on any atom is 0.0591 e. The summed E-state index contributed by atoms with van der Waals surface area (Å²) in [5, 5.41) is 0. The molecular formula is C21H48N2Si2. The highest BCUT2D eigenvalue weighted by atomic mass is 28.2. The van der Waals surface area contributed by atoms with E-state index >= 15 is 0 Å². The largest absolute Gasteiger partial charge is 0.292 e. The van der Waals surface area contributed by atoms with E-state index < -0.39 is 0 Å². The van der Waals surface area contributed by atoms with Crippen LogP contribution in [0.2, 0.25) is 12.1 Å². The molecule has 0 aliphatic carbocycles. The average Bonchev–Trinajstić information content (AvgIpc) is 2.60. The molecule has 0 aromatic heterocycles. The Kier molecular flexibility index (Phi) is 17.6. The van der Waals surface area contributed by atoms with Crippen LogP contribution in [0, 0.1) is 0 Å². The second-order valence-corrected chi connectivity index (χ2v) is 11.3. The minimum Gasteiger partial charge on any atom is -0.292 e. The highest BCUT2D eigenvalue weighted by Gasteiger charge is 2.20. The predicted octanol–water partition coefficient (Wildman–Crippen LogP) is 4.39. The van der Waals surface area contributed by atoms with Crippen molar-refractivity contribution in [3.63, 3.8) is 0 Å². The van der Waals surface area contributed by atoms with Gasteiger partial charge in [-0.25, -0.2) is 0 Å². The van der Waals surface area contributed by atoms with E-state index in [0.29, 0.717) is 0 Å². The fraction of sp³-hybridized carbons (Fsp3) is 0.905. The molecule has 0 radical (unpaired) electrons. The zero-order chi connectivity index (χ0) is 18.9. The number of hydrogen-bond donors (Lipinski definition) is 0. The fourth-order valence-electron chi connectivity index (χ4n) is 3.81. The van der Waals surface area contributed by atoms with Crippen molar-refractivity contribution in [1.29, 1.82) is 0 Å². The molecule has 0 aromatic carbocycles.